The fourth-order valence-corrected chi connectivity index (χ4v) is 3.01. The third-order valence-corrected chi connectivity index (χ3v) is 4.85. The summed E-state index contributed by atoms with van der Waals surface area (Å²) in [6.45, 7) is 8.44. The fraction of sp³-hybridized carbons (Fsp3) is 0.913. The molecule has 12 heteroatoms. The van der Waals surface area contributed by atoms with Crippen molar-refractivity contribution in [3.05, 3.63) is 12.3 Å². The summed E-state index contributed by atoms with van der Waals surface area (Å²) in [5.41, 5.74) is 0. The summed E-state index contributed by atoms with van der Waals surface area (Å²) in [5, 5.41) is 0. The van der Waals surface area contributed by atoms with Crippen molar-refractivity contribution in [3.63, 3.8) is 0 Å². The largest absolute Gasteiger partial charge is 1.00 e. The second-order valence-electron chi connectivity index (χ2n) is 7.51. The minimum absolute atomic E-state index is 0. The van der Waals surface area contributed by atoms with E-state index in [4.69, 9.17) is 28.4 Å². The second kappa shape index (κ2) is 28.8. The van der Waals surface area contributed by atoms with E-state index in [0.717, 1.165) is 25.9 Å². The Labute approximate surface area is 234 Å². The number of unbranched alkanes of at least 4 members (excludes halogenated alkanes) is 6. The van der Waals surface area contributed by atoms with E-state index in [1.165, 1.54) is 44.4 Å². The van der Waals surface area contributed by atoms with E-state index in [0.29, 0.717) is 39.6 Å². The molecule has 1 atom stereocenters. The van der Waals surface area contributed by atoms with Gasteiger partial charge >= 0.3 is 29.6 Å². The van der Waals surface area contributed by atoms with Gasteiger partial charge < -0.3 is 33.0 Å². The second-order valence-corrected chi connectivity index (χ2v) is 8.52. The molecule has 0 amide bonds. The molecule has 0 aromatic rings. The van der Waals surface area contributed by atoms with Crippen LogP contribution in [0.3, 0.4) is 0 Å². The van der Waals surface area contributed by atoms with Gasteiger partial charge in [0.15, 0.2) is 6.29 Å². The Hall–Kier alpha value is 0.210. The van der Waals surface area contributed by atoms with Crippen LogP contribution in [0.5, 0.6) is 0 Å². The van der Waals surface area contributed by atoms with Crippen LogP contribution in [0.4, 0.5) is 0 Å². The smallest absolute Gasteiger partial charge is 0.725 e. The van der Waals surface area contributed by atoms with Crippen LogP contribution in [0.15, 0.2) is 12.3 Å². The quantitative estimate of drug-likeness (QED) is 0.0368. The van der Waals surface area contributed by atoms with Crippen LogP contribution in [-0.4, -0.2) is 85.3 Å². The van der Waals surface area contributed by atoms with Gasteiger partial charge in [-0.25, -0.2) is 12.6 Å². The Balaban J connectivity index is 0. The summed E-state index contributed by atoms with van der Waals surface area (Å²) in [6.07, 6.45) is 10.3. The first-order chi connectivity index (χ1) is 16.5. The average Bonchev–Trinajstić information content (AvgIpc) is 2.79. The van der Waals surface area contributed by atoms with Gasteiger partial charge in [0, 0.05) is 19.3 Å². The molecule has 0 saturated carbocycles. The van der Waals surface area contributed by atoms with E-state index in [2.05, 4.69) is 18.0 Å². The minimum atomic E-state index is -4.94. The molecule has 35 heavy (non-hydrogen) atoms. The molecular formula is C23H45NaO10S. The third kappa shape index (κ3) is 32.2. The van der Waals surface area contributed by atoms with Crippen molar-refractivity contribution in [2.45, 2.75) is 71.5 Å². The SMILES string of the molecule is CCCCCCOCCOCCO/C=C/C(OCCOCCOCCCCCC)OS(=O)(=O)[O-].[Na+]. The molecule has 0 fully saturated rings. The first-order valence-corrected chi connectivity index (χ1v) is 13.7. The average molecular weight is 537 g/mol. The zero-order valence-corrected chi connectivity index (χ0v) is 24.8. The van der Waals surface area contributed by atoms with Gasteiger partial charge in [-0.1, -0.05) is 52.4 Å². The van der Waals surface area contributed by atoms with Gasteiger partial charge in [-0.3, -0.25) is 0 Å². The molecule has 204 valence electrons. The van der Waals surface area contributed by atoms with E-state index in [1.54, 1.807) is 0 Å². The zero-order chi connectivity index (χ0) is 25.2. The Morgan fingerprint density at radius 1 is 0.657 bits per heavy atom. The Morgan fingerprint density at radius 3 is 1.60 bits per heavy atom. The van der Waals surface area contributed by atoms with Gasteiger partial charge in [0.1, 0.15) is 6.61 Å². The van der Waals surface area contributed by atoms with Crippen LogP contribution in [0.25, 0.3) is 0 Å². The Morgan fingerprint density at radius 2 is 1.11 bits per heavy atom. The van der Waals surface area contributed by atoms with Crippen molar-refractivity contribution >= 4 is 10.4 Å². The number of ether oxygens (including phenoxy) is 6. The predicted octanol–water partition coefficient (Wildman–Crippen LogP) is 0.567. The van der Waals surface area contributed by atoms with Crippen LogP contribution in [0.2, 0.25) is 0 Å². The van der Waals surface area contributed by atoms with Crippen LogP contribution in [-0.2, 0) is 43.0 Å². The van der Waals surface area contributed by atoms with Gasteiger partial charge in [-0.05, 0) is 12.8 Å². The maximum Gasteiger partial charge on any atom is 1.00 e. The van der Waals surface area contributed by atoms with Crippen molar-refractivity contribution in [1.82, 2.24) is 0 Å². The Bertz CT molecular complexity index is 548. The molecular weight excluding hydrogens is 491 g/mol. The topological polar surface area (TPSA) is 122 Å². The van der Waals surface area contributed by atoms with E-state index >= 15 is 0 Å². The van der Waals surface area contributed by atoms with Crippen LogP contribution < -0.4 is 29.6 Å². The van der Waals surface area contributed by atoms with E-state index in [9.17, 15) is 13.0 Å². The molecule has 0 rings (SSSR count). The Kier molecular flexibility index (Phi) is 30.7. The molecule has 0 heterocycles. The molecule has 0 aromatic heterocycles. The van der Waals surface area contributed by atoms with Crippen molar-refractivity contribution in [1.29, 1.82) is 0 Å². The van der Waals surface area contributed by atoms with Gasteiger partial charge in [0.05, 0.1) is 52.5 Å². The summed E-state index contributed by atoms with van der Waals surface area (Å²) in [6, 6.07) is 0. The maximum absolute atomic E-state index is 10.9. The number of rotatable bonds is 27. The van der Waals surface area contributed by atoms with Crippen molar-refractivity contribution in [3.8, 4) is 0 Å². The van der Waals surface area contributed by atoms with Gasteiger partial charge in [-0.2, -0.15) is 0 Å². The first-order valence-electron chi connectivity index (χ1n) is 12.3. The zero-order valence-electron chi connectivity index (χ0n) is 22.0. The first kappa shape index (κ1) is 37.4. The summed E-state index contributed by atoms with van der Waals surface area (Å²) in [7, 11) is -4.94. The fourth-order valence-electron chi connectivity index (χ4n) is 2.66. The standard InChI is InChI=1S/C23H46O10S.Na/c1-3-5-7-9-12-27-15-18-30-20-17-29-14-11-23(33-34(24,25)26)32-22-21-31-19-16-28-13-10-8-6-4-2;/h11,14,23H,3-10,12-13,15-22H2,1-2H3,(H,24,25,26);/q;+1/p-1/b14-11+;. The molecule has 1 unspecified atom stereocenters. The van der Waals surface area contributed by atoms with Gasteiger partial charge in [-0.15, -0.1) is 0 Å². The summed E-state index contributed by atoms with van der Waals surface area (Å²) in [4.78, 5) is 0. The molecule has 0 aliphatic rings. The van der Waals surface area contributed by atoms with Gasteiger partial charge in [0.2, 0.25) is 10.4 Å². The van der Waals surface area contributed by atoms with E-state index in [-0.39, 0.29) is 49.4 Å². The summed E-state index contributed by atoms with van der Waals surface area (Å²) >= 11 is 0. The molecule has 0 saturated heterocycles. The summed E-state index contributed by atoms with van der Waals surface area (Å²) in [5.74, 6) is 0. The maximum atomic E-state index is 10.9. The van der Waals surface area contributed by atoms with E-state index in [1.807, 2.05) is 0 Å². The molecule has 0 N–H and O–H groups in total. The van der Waals surface area contributed by atoms with Crippen LogP contribution in [0, 0.1) is 0 Å². The van der Waals surface area contributed by atoms with Crippen molar-refractivity contribution in [2.75, 3.05) is 66.1 Å². The predicted molar refractivity (Wildman–Crippen MR) is 127 cm³/mol. The number of hydrogen-bond acceptors (Lipinski definition) is 10. The molecule has 0 bridgehead atoms. The van der Waals surface area contributed by atoms with Crippen molar-refractivity contribution in [2.24, 2.45) is 0 Å². The van der Waals surface area contributed by atoms with Crippen LogP contribution >= 0.6 is 0 Å². The normalized spacial score (nSPS) is 12.7. The molecule has 0 spiro atoms. The molecule has 10 nitrogen and oxygen atoms in total. The van der Waals surface area contributed by atoms with Gasteiger partial charge in [0.25, 0.3) is 0 Å². The third-order valence-electron chi connectivity index (χ3n) is 4.43. The van der Waals surface area contributed by atoms with Crippen molar-refractivity contribution < 1.29 is 75.1 Å². The summed E-state index contributed by atoms with van der Waals surface area (Å²) < 4.78 is 69.0. The monoisotopic (exact) mass is 536 g/mol. The minimum Gasteiger partial charge on any atom is -0.725 e. The molecule has 0 aliphatic carbocycles. The molecule has 0 aliphatic heterocycles. The number of hydrogen-bond donors (Lipinski definition) is 0. The molecule has 0 aromatic carbocycles. The van der Waals surface area contributed by atoms with Crippen LogP contribution in [0.1, 0.15) is 65.2 Å². The van der Waals surface area contributed by atoms with E-state index < -0.39 is 16.7 Å². The molecule has 0 radical (unpaired) electrons.